The third kappa shape index (κ3) is 6.12. The molecule has 4 rings (SSSR count). The van der Waals surface area contributed by atoms with Crippen LogP contribution in [-0.4, -0.2) is 33.4 Å². The van der Waals surface area contributed by atoms with Crippen LogP contribution >= 0.6 is 0 Å². The Kier molecular flexibility index (Phi) is 6.53. The van der Waals surface area contributed by atoms with Gasteiger partial charge >= 0.3 is 6.36 Å². The van der Waals surface area contributed by atoms with Crippen molar-refractivity contribution in [1.82, 2.24) is 20.5 Å². The number of hydrogen-bond donors (Lipinski definition) is 3. The molecule has 0 bridgehead atoms. The minimum atomic E-state index is -4.92. The number of alkyl halides is 3. The maximum Gasteiger partial charge on any atom is 0.573 e. The minimum absolute atomic E-state index is 0.110. The van der Waals surface area contributed by atoms with Crippen LogP contribution in [0.4, 0.5) is 18.9 Å². The zero-order valence-corrected chi connectivity index (χ0v) is 18.2. The van der Waals surface area contributed by atoms with Crippen molar-refractivity contribution < 1.29 is 27.5 Å². The average Bonchev–Trinajstić information content (AvgIpc) is 3.45. The van der Waals surface area contributed by atoms with Crippen molar-refractivity contribution >= 4 is 17.5 Å². The summed E-state index contributed by atoms with van der Waals surface area (Å²) >= 11 is 0. The number of benzene rings is 2. The van der Waals surface area contributed by atoms with Gasteiger partial charge in [0.05, 0.1) is 17.8 Å². The van der Waals surface area contributed by atoms with E-state index < -0.39 is 18.0 Å². The summed E-state index contributed by atoms with van der Waals surface area (Å²) in [6, 6.07) is 10.8. The normalized spacial score (nSPS) is 13.4. The lowest BCUT2D eigenvalue weighted by Gasteiger charge is -2.12. The molecule has 1 aromatic heterocycles. The molecule has 1 aliphatic rings. The van der Waals surface area contributed by atoms with E-state index in [-0.39, 0.29) is 23.8 Å². The highest BCUT2D eigenvalue weighted by Gasteiger charge is 2.32. The van der Waals surface area contributed by atoms with Gasteiger partial charge in [0.25, 0.3) is 5.91 Å². The number of aromatic nitrogens is 3. The maximum absolute atomic E-state index is 12.6. The largest absolute Gasteiger partial charge is 0.573 e. The van der Waals surface area contributed by atoms with E-state index in [9.17, 15) is 22.8 Å². The molecule has 1 aliphatic carbocycles. The Morgan fingerprint density at radius 1 is 1.18 bits per heavy atom. The lowest BCUT2D eigenvalue weighted by atomic mass is 10.0. The number of carbonyl (C=O) groups excluding carboxylic acids is 2. The third-order valence-corrected chi connectivity index (χ3v) is 5.16. The number of nitrogens with one attached hydrogen (secondary N) is 3. The van der Waals surface area contributed by atoms with Crippen molar-refractivity contribution in [2.24, 2.45) is 5.92 Å². The van der Waals surface area contributed by atoms with Gasteiger partial charge in [-0.2, -0.15) is 5.10 Å². The Hall–Kier alpha value is -3.89. The van der Waals surface area contributed by atoms with Crippen molar-refractivity contribution in [3.8, 4) is 17.1 Å². The summed E-state index contributed by atoms with van der Waals surface area (Å²) in [5.74, 6) is -0.313. The molecular weight excluding hydrogens is 451 g/mol. The Bertz CT molecular complexity index is 1200. The topological polar surface area (TPSA) is 109 Å². The monoisotopic (exact) mass is 473 g/mol. The molecule has 0 radical (unpaired) electrons. The van der Waals surface area contributed by atoms with Crippen molar-refractivity contribution in [1.29, 1.82) is 0 Å². The smallest absolute Gasteiger partial charge is 0.405 e. The first kappa shape index (κ1) is 23.3. The number of hydrogen-bond acceptors (Lipinski definition) is 5. The number of H-pyrrole nitrogens is 1. The number of para-hydroxylation sites is 1. The summed E-state index contributed by atoms with van der Waals surface area (Å²) in [7, 11) is 0. The molecule has 2 amide bonds. The van der Waals surface area contributed by atoms with E-state index in [2.05, 4.69) is 30.6 Å². The number of carbonyl (C=O) groups is 2. The number of amides is 2. The van der Waals surface area contributed by atoms with Gasteiger partial charge in [0, 0.05) is 12.5 Å². The molecule has 0 spiro atoms. The van der Waals surface area contributed by atoms with Gasteiger partial charge in [-0.05, 0) is 55.0 Å². The fraction of sp³-hybridized carbons (Fsp3) is 0.304. The lowest BCUT2D eigenvalue weighted by molar-refractivity contribution is -0.274. The Labute approximate surface area is 192 Å². The number of anilines is 1. The quantitative estimate of drug-likeness (QED) is 0.454. The molecule has 34 heavy (non-hydrogen) atoms. The zero-order chi connectivity index (χ0) is 24.3. The molecule has 1 fully saturated rings. The molecule has 2 aromatic carbocycles. The second-order valence-corrected chi connectivity index (χ2v) is 8.04. The van der Waals surface area contributed by atoms with E-state index in [4.69, 9.17) is 0 Å². The molecule has 0 atom stereocenters. The van der Waals surface area contributed by atoms with Crippen LogP contribution in [0.1, 0.15) is 41.5 Å². The van der Waals surface area contributed by atoms with Gasteiger partial charge in [0.2, 0.25) is 5.91 Å². The predicted octanol–water partition coefficient (Wildman–Crippen LogP) is 4.21. The summed E-state index contributed by atoms with van der Waals surface area (Å²) < 4.78 is 41.7. The van der Waals surface area contributed by atoms with E-state index in [0.717, 1.165) is 18.1 Å². The van der Waals surface area contributed by atoms with Gasteiger partial charge in [0.15, 0.2) is 5.82 Å². The van der Waals surface area contributed by atoms with Crippen LogP contribution in [-0.2, 0) is 17.8 Å². The molecule has 178 valence electrons. The van der Waals surface area contributed by atoms with Crippen LogP contribution in [0.2, 0.25) is 0 Å². The first-order valence-electron chi connectivity index (χ1n) is 10.6. The summed E-state index contributed by atoms with van der Waals surface area (Å²) in [6.45, 7) is 1.30. The fourth-order valence-electron chi connectivity index (χ4n) is 3.48. The van der Waals surface area contributed by atoms with Crippen molar-refractivity contribution in [3.05, 3.63) is 59.4 Å². The summed E-state index contributed by atoms with van der Waals surface area (Å²) in [5.41, 5.74) is 2.03. The van der Waals surface area contributed by atoms with Crippen LogP contribution in [0.5, 0.6) is 5.75 Å². The molecule has 1 heterocycles. The predicted molar refractivity (Wildman–Crippen MR) is 117 cm³/mol. The van der Waals surface area contributed by atoms with Gasteiger partial charge in [-0.15, -0.1) is 13.2 Å². The molecule has 3 N–H and O–H groups in total. The van der Waals surface area contributed by atoms with Crippen LogP contribution in [0.15, 0.2) is 42.5 Å². The summed E-state index contributed by atoms with van der Waals surface area (Å²) in [5, 5.41) is 12.2. The minimum Gasteiger partial charge on any atom is -0.405 e. The molecule has 11 heteroatoms. The molecule has 3 aromatic rings. The third-order valence-electron chi connectivity index (χ3n) is 5.16. The van der Waals surface area contributed by atoms with Gasteiger partial charge in [0.1, 0.15) is 11.6 Å². The van der Waals surface area contributed by atoms with Gasteiger partial charge < -0.3 is 15.4 Å². The Morgan fingerprint density at radius 3 is 2.65 bits per heavy atom. The van der Waals surface area contributed by atoms with Crippen LogP contribution in [0, 0.1) is 5.92 Å². The van der Waals surface area contributed by atoms with Crippen molar-refractivity contribution in [3.63, 3.8) is 0 Å². The first-order valence-corrected chi connectivity index (χ1v) is 10.6. The summed E-state index contributed by atoms with van der Waals surface area (Å²) in [4.78, 5) is 28.5. The van der Waals surface area contributed by atoms with Crippen LogP contribution in [0.3, 0.4) is 0 Å². The number of aromatic amines is 1. The van der Waals surface area contributed by atoms with Crippen LogP contribution < -0.4 is 15.4 Å². The second-order valence-electron chi connectivity index (χ2n) is 8.04. The average molecular weight is 473 g/mol. The standard InChI is InChI=1S/C23H22F3N5O3/c1-13(32)28-18-11-15(10-14-6-7-14)8-9-16(18)21-29-20(30-31-21)12-27-22(33)17-4-2-3-5-19(17)34-23(24,25)26/h2-5,8-9,11,14H,6-7,10,12H2,1H3,(H,27,33)(H,28,32)(H,29,30,31). The Morgan fingerprint density at radius 2 is 1.94 bits per heavy atom. The SMILES string of the molecule is CC(=O)Nc1cc(CC2CC2)ccc1-c1n[nH]c(CNC(=O)c2ccccc2OC(F)(F)F)n1. The van der Waals surface area contributed by atoms with Crippen molar-refractivity contribution in [2.45, 2.75) is 39.1 Å². The zero-order valence-electron chi connectivity index (χ0n) is 18.2. The van der Waals surface area contributed by atoms with E-state index in [0.29, 0.717) is 23.0 Å². The lowest BCUT2D eigenvalue weighted by Crippen LogP contribution is -2.26. The number of halogens is 3. The molecule has 1 saturated carbocycles. The number of ether oxygens (including phenoxy) is 1. The maximum atomic E-state index is 12.6. The fourth-order valence-corrected chi connectivity index (χ4v) is 3.48. The highest BCUT2D eigenvalue weighted by Crippen LogP contribution is 2.35. The van der Waals surface area contributed by atoms with Gasteiger partial charge in [-0.1, -0.05) is 18.2 Å². The highest BCUT2D eigenvalue weighted by molar-refractivity contribution is 5.97. The number of rotatable bonds is 8. The number of nitrogens with zero attached hydrogens (tertiary/aromatic N) is 2. The van der Waals surface area contributed by atoms with Crippen LogP contribution in [0.25, 0.3) is 11.4 Å². The second kappa shape index (κ2) is 9.54. The molecular formula is C23H22F3N5O3. The van der Waals surface area contributed by atoms with E-state index in [1.165, 1.54) is 38.0 Å². The molecule has 0 unspecified atom stereocenters. The molecule has 0 saturated heterocycles. The van der Waals surface area contributed by atoms with Gasteiger partial charge in [-0.25, -0.2) is 4.98 Å². The first-order chi connectivity index (χ1) is 16.2. The van der Waals surface area contributed by atoms with Crippen molar-refractivity contribution in [2.75, 3.05) is 5.32 Å². The van der Waals surface area contributed by atoms with E-state index in [1.807, 2.05) is 18.2 Å². The summed E-state index contributed by atoms with van der Waals surface area (Å²) in [6.07, 6.45) is -1.56. The Balaban J connectivity index is 1.47. The van der Waals surface area contributed by atoms with Gasteiger partial charge in [-0.3, -0.25) is 14.7 Å². The molecule has 0 aliphatic heterocycles. The highest BCUT2D eigenvalue weighted by atomic mass is 19.4. The van der Waals surface area contributed by atoms with E-state index >= 15 is 0 Å². The molecule has 8 nitrogen and oxygen atoms in total. The van der Waals surface area contributed by atoms with E-state index in [1.54, 1.807) is 0 Å².